The quantitative estimate of drug-likeness (QED) is 0.513. The zero-order valence-corrected chi connectivity index (χ0v) is 20.5. The number of nitrogens with zero attached hydrogens (tertiary/aromatic N) is 2. The molecule has 1 aliphatic rings. The van der Waals surface area contributed by atoms with Gasteiger partial charge in [-0.2, -0.15) is 0 Å². The summed E-state index contributed by atoms with van der Waals surface area (Å²) in [6.45, 7) is 10.1. The van der Waals surface area contributed by atoms with E-state index >= 15 is 0 Å². The molecule has 31 heavy (non-hydrogen) atoms. The van der Waals surface area contributed by atoms with Crippen LogP contribution in [0.2, 0.25) is 5.02 Å². The number of halogens is 1. The van der Waals surface area contributed by atoms with Crippen molar-refractivity contribution in [2.24, 2.45) is 11.8 Å². The third kappa shape index (κ3) is 7.91. The minimum atomic E-state index is -0.452. The number of carbonyl (C=O) groups is 2. The van der Waals surface area contributed by atoms with Crippen LogP contribution in [0.4, 0.5) is 4.79 Å². The summed E-state index contributed by atoms with van der Waals surface area (Å²) in [5, 5.41) is 0.454. The van der Waals surface area contributed by atoms with Crippen molar-refractivity contribution in [1.29, 1.82) is 0 Å². The summed E-state index contributed by atoms with van der Waals surface area (Å²) in [4.78, 5) is 27.6. The first-order valence-corrected chi connectivity index (χ1v) is 11.5. The third-order valence-electron chi connectivity index (χ3n) is 5.64. The highest BCUT2D eigenvalue weighted by Crippen LogP contribution is 2.30. The van der Waals surface area contributed by atoms with Crippen molar-refractivity contribution >= 4 is 23.6 Å². The number of carbonyl (C=O) groups excluding carboxylic acids is 2. The van der Waals surface area contributed by atoms with Crippen molar-refractivity contribution < 1.29 is 19.1 Å². The van der Waals surface area contributed by atoms with Crippen LogP contribution in [0.1, 0.15) is 63.7 Å². The Morgan fingerprint density at radius 2 is 1.87 bits per heavy atom. The van der Waals surface area contributed by atoms with Gasteiger partial charge in [-0.05, 0) is 76.5 Å². The van der Waals surface area contributed by atoms with Crippen LogP contribution < -0.4 is 4.74 Å². The summed E-state index contributed by atoms with van der Waals surface area (Å²) in [5.74, 6) is 1.70. The predicted octanol–water partition coefficient (Wildman–Crippen LogP) is 5.48. The zero-order valence-electron chi connectivity index (χ0n) is 19.7. The van der Waals surface area contributed by atoms with E-state index in [2.05, 4.69) is 6.92 Å². The van der Waals surface area contributed by atoms with Crippen LogP contribution in [0.5, 0.6) is 5.75 Å². The van der Waals surface area contributed by atoms with Crippen molar-refractivity contribution in [2.45, 2.75) is 59.0 Å². The Labute approximate surface area is 191 Å². The maximum atomic E-state index is 12.2. The van der Waals surface area contributed by atoms with Crippen LogP contribution in [0, 0.1) is 11.8 Å². The van der Waals surface area contributed by atoms with E-state index in [0.29, 0.717) is 34.8 Å². The van der Waals surface area contributed by atoms with Crippen molar-refractivity contribution in [3.8, 4) is 5.75 Å². The highest BCUT2D eigenvalue weighted by Gasteiger charge is 2.28. The first kappa shape index (κ1) is 25.3. The van der Waals surface area contributed by atoms with Crippen LogP contribution in [0.15, 0.2) is 18.2 Å². The molecule has 2 rings (SSSR count). The van der Waals surface area contributed by atoms with Gasteiger partial charge >= 0.3 is 6.09 Å². The lowest BCUT2D eigenvalue weighted by molar-refractivity contribution is 0.0160. The molecule has 2 amide bonds. The van der Waals surface area contributed by atoms with Crippen molar-refractivity contribution in [3.63, 3.8) is 0 Å². The summed E-state index contributed by atoms with van der Waals surface area (Å²) in [6, 6.07) is 5.15. The van der Waals surface area contributed by atoms with Crippen LogP contribution in [0.3, 0.4) is 0 Å². The van der Waals surface area contributed by atoms with Gasteiger partial charge in [0.1, 0.15) is 11.4 Å². The molecule has 0 aliphatic carbocycles. The molecular weight excluding hydrogens is 416 g/mol. The second-order valence-electron chi connectivity index (χ2n) is 9.62. The average Bonchev–Trinajstić information content (AvgIpc) is 2.70. The first-order valence-electron chi connectivity index (χ1n) is 11.1. The van der Waals surface area contributed by atoms with Crippen molar-refractivity contribution in [2.75, 3.05) is 33.8 Å². The lowest BCUT2D eigenvalue weighted by Crippen LogP contribution is -2.42. The molecule has 0 aromatic heterocycles. The molecule has 0 spiro atoms. The normalized spacial score (nSPS) is 16.0. The predicted molar refractivity (Wildman–Crippen MR) is 124 cm³/mol. The fourth-order valence-electron chi connectivity index (χ4n) is 3.81. The van der Waals surface area contributed by atoms with E-state index in [-0.39, 0.29) is 12.0 Å². The van der Waals surface area contributed by atoms with Crippen LogP contribution in [-0.2, 0) is 4.74 Å². The number of ether oxygens (including phenoxy) is 2. The molecule has 174 valence electrons. The number of rotatable bonds is 7. The van der Waals surface area contributed by atoms with Gasteiger partial charge in [0.25, 0.3) is 5.91 Å². The summed E-state index contributed by atoms with van der Waals surface area (Å²) < 4.78 is 11.3. The standard InChI is InChI=1S/C24H37ClN2O4/c1-17(18-11-13-27(14-12-18)23(29)31-24(2,3)4)8-7-15-30-21-10-9-19(16-20(21)25)22(28)26(5)6/h9-10,16-18H,7-8,11-15H2,1-6H3/t17-/m1/s1. The number of piperidine rings is 1. The Balaban J connectivity index is 1.71. The fourth-order valence-corrected chi connectivity index (χ4v) is 4.04. The van der Waals surface area contributed by atoms with E-state index in [1.54, 1.807) is 32.3 Å². The lowest BCUT2D eigenvalue weighted by atomic mass is 9.83. The number of hydrogen-bond acceptors (Lipinski definition) is 4. The van der Waals surface area contributed by atoms with Crippen LogP contribution in [-0.4, -0.2) is 61.2 Å². The van der Waals surface area contributed by atoms with E-state index in [4.69, 9.17) is 21.1 Å². The number of likely N-dealkylation sites (tertiary alicyclic amines) is 1. The number of hydrogen-bond donors (Lipinski definition) is 0. The van der Waals surface area contributed by atoms with Crippen molar-refractivity contribution in [3.05, 3.63) is 28.8 Å². The molecule has 0 bridgehead atoms. The molecule has 0 saturated carbocycles. The van der Waals surface area contributed by atoms with E-state index in [1.165, 1.54) is 4.90 Å². The highest BCUT2D eigenvalue weighted by atomic mass is 35.5. The molecule has 1 atom stereocenters. The Kier molecular flexibility index (Phi) is 9.04. The molecule has 0 N–H and O–H groups in total. The third-order valence-corrected chi connectivity index (χ3v) is 5.94. The van der Waals surface area contributed by atoms with Crippen LogP contribution in [0.25, 0.3) is 0 Å². The van der Waals surface area contributed by atoms with Gasteiger partial charge in [0.2, 0.25) is 0 Å². The van der Waals surface area contributed by atoms with Gasteiger partial charge in [0.15, 0.2) is 0 Å². The smallest absolute Gasteiger partial charge is 0.410 e. The van der Waals surface area contributed by atoms with Crippen molar-refractivity contribution in [1.82, 2.24) is 9.80 Å². The van der Waals surface area contributed by atoms with E-state index in [0.717, 1.165) is 38.8 Å². The monoisotopic (exact) mass is 452 g/mol. The summed E-state index contributed by atoms with van der Waals surface area (Å²) in [6.07, 6.45) is 3.80. The van der Waals surface area contributed by atoms with Gasteiger partial charge in [-0.3, -0.25) is 4.79 Å². The first-order chi connectivity index (χ1) is 14.5. The minimum Gasteiger partial charge on any atom is -0.492 e. The van der Waals surface area contributed by atoms with Gasteiger partial charge in [0, 0.05) is 32.7 Å². The molecule has 1 heterocycles. The Morgan fingerprint density at radius 3 is 2.42 bits per heavy atom. The number of amides is 2. The van der Waals surface area contributed by atoms with Gasteiger partial charge in [-0.25, -0.2) is 4.79 Å². The van der Waals surface area contributed by atoms with E-state index < -0.39 is 5.60 Å². The molecule has 0 unspecified atom stereocenters. The van der Waals surface area contributed by atoms with E-state index in [9.17, 15) is 9.59 Å². The Hall–Kier alpha value is -1.95. The minimum absolute atomic E-state index is 0.0833. The number of benzene rings is 1. The molecule has 7 heteroatoms. The summed E-state index contributed by atoms with van der Waals surface area (Å²) in [5.41, 5.74) is 0.0977. The maximum absolute atomic E-state index is 12.2. The Bertz CT molecular complexity index is 752. The summed E-state index contributed by atoms with van der Waals surface area (Å²) in [7, 11) is 3.42. The molecule has 1 aromatic carbocycles. The molecular formula is C24H37ClN2O4. The fraction of sp³-hybridized carbons (Fsp3) is 0.667. The molecule has 1 aliphatic heterocycles. The molecule has 1 aromatic rings. The van der Waals surface area contributed by atoms with E-state index in [1.807, 2.05) is 25.7 Å². The largest absolute Gasteiger partial charge is 0.492 e. The van der Waals surface area contributed by atoms with Gasteiger partial charge < -0.3 is 19.3 Å². The second-order valence-corrected chi connectivity index (χ2v) is 10.0. The molecule has 1 saturated heterocycles. The SMILES string of the molecule is C[C@H](CCCOc1ccc(C(=O)N(C)C)cc1Cl)C1CCN(C(=O)OC(C)(C)C)CC1. The molecule has 0 radical (unpaired) electrons. The molecule has 1 fully saturated rings. The maximum Gasteiger partial charge on any atom is 0.410 e. The highest BCUT2D eigenvalue weighted by molar-refractivity contribution is 6.32. The van der Waals surface area contributed by atoms with Gasteiger partial charge in [-0.1, -0.05) is 18.5 Å². The Morgan fingerprint density at radius 1 is 1.23 bits per heavy atom. The van der Waals surface area contributed by atoms with Gasteiger partial charge in [0.05, 0.1) is 11.6 Å². The topological polar surface area (TPSA) is 59.1 Å². The van der Waals surface area contributed by atoms with Crippen LogP contribution >= 0.6 is 11.6 Å². The summed E-state index contributed by atoms with van der Waals surface area (Å²) >= 11 is 6.28. The lowest BCUT2D eigenvalue weighted by Gasteiger charge is -2.35. The zero-order chi connectivity index (χ0) is 23.2. The molecule has 6 nitrogen and oxygen atoms in total. The second kappa shape index (κ2) is 11.1. The van der Waals surface area contributed by atoms with Gasteiger partial charge in [-0.15, -0.1) is 0 Å². The average molecular weight is 453 g/mol.